The van der Waals surface area contributed by atoms with Crippen LogP contribution in [0, 0.1) is 0 Å². The van der Waals surface area contributed by atoms with Gasteiger partial charge >= 0.3 is 0 Å². The molecule has 0 N–H and O–H groups in total. The SMILES string of the molecule is c1ccc2cc(-c3nc(-c4cc5ccccc5c5ccccc45)nc(-c4cccc5oc6cc7c(cc6c45)-c4cccc5cccc-7c45)n3)ccc2c1. The average molecular weight is 674 g/mol. The summed E-state index contributed by atoms with van der Waals surface area (Å²) >= 11 is 0. The molecule has 0 spiro atoms. The van der Waals surface area contributed by atoms with Crippen molar-refractivity contribution in [2.75, 3.05) is 0 Å². The zero-order chi connectivity index (χ0) is 34.6. The van der Waals surface area contributed by atoms with Gasteiger partial charge in [0.25, 0.3) is 0 Å². The standard InChI is InChI=1S/C49H27N3O/c1-2-11-30-24-32(23-22-28(30)10-1)47-50-48(52-49(51-47)41-25-31-12-3-4-15-33(31)34-16-5-6-17-35(34)41)38-20-9-21-43-46(38)42-26-39-36-18-7-13-29-14-8-19-37(45(29)36)40(39)27-44(42)53-43/h1-27H. The Morgan fingerprint density at radius 3 is 1.75 bits per heavy atom. The second-order valence-corrected chi connectivity index (χ2v) is 13.9. The predicted molar refractivity (Wildman–Crippen MR) is 218 cm³/mol. The quantitative estimate of drug-likeness (QED) is 0.175. The third kappa shape index (κ3) is 4.15. The molecule has 0 atom stereocenters. The number of aromatic nitrogens is 3. The highest BCUT2D eigenvalue weighted by atomic mass is 16.3. The Morgan fingerprint density at radius 2 is 0.925 bits per heavy atom. The minimum Gasteiger partial charge on any atom is -0.456 e. The van der Waals surface area contributed by atoms with E-state index in [2.05, 4.69) is 152 Å². The molecule has 0 saturated heterocycles. The van der Waals surface area contributed by atoms with Crippen molar-refractivity contribution in [1.29, 1.82) is 0 Å². The van der Waals surface area contributed by atoms with Crippen LogP contribution in [-0.4, -0.2) is 15.0 Å². The molecule has 0 amide bonds. The highest BCUT2D eigenvalue weighted by Gasteiger charge is 2.25. The Balaban J connectivity index is 1.14. The second kappa shape index (κ2) is 10.7. The van der Waals surface area contributed by atoms with Crippen molar-refractivity contribution < 1.29 is 4.42 Å². The lowest BCUT2D eigenvalue weighted by atomic mass is 9.96. The molecule has 11 aromatic rings. The van der Waals surface area contributed by atoms with E-state index in [0.29, 0.717) is 17.5 Å². The third-order valence-corrected chi connectivity index (χ3v) is 11.0. The van der Waals surface area contributed by atoms with E-state index < -0.39 is 0 Å². The second-order valence-electron chi connectivity index (χ2n) is 13.9. The summed E-state index contributed by atoms with van der Waals surface area (Å²) in [7, 11) is 0. The van der Waals surface area contributed by atoms with Crippen LogP contribution in [0.5, 0.6) is 0 Å². The first-order valence-corrected chi connectivity index (χ1v) is 17.9. The molecule has 1 aliphatic carbocycles. The number of furan rings is 1. The van der Waals surface area contributed by atoms with E-state index >= 15 is 0 Å². The lowest BCUT2D eigenvalue weighted by molar-refractivity contribution is 0.669. The van der Waals surface area contributed by atoms with Crippen molar-refractivity contribution >= 4 is 65.0 Å². The van der Waals surface area contributed by atoms with Gasteiger partial charge in [-0.2, -0.15) is 0 Å². The number of hydrogen-bond donors (Lipinski definition) is 0. The number of rotatable bonds is 3. The molecule has 0 aliphatic heterocycles. The molecule has 9 aromatic carbocycles. The first kappa shape index (κ1) is 28.5. The van der Waals surface area contributed by atoms with Gasteiger partial charge < -0.3 is 4.42 Å². The summed E-state index contributed by atoms with van der Waals surface area (Å²) in [5.74, 6) is 1.86. The van der Waals surface area contributed by atoms with Crippen LogP contribution in [0.2, 0.25) is 0 Å². The van der Waals surface area contributed by atoms with Gasteiger partial charge in [-0.05, 0) is 95.7 Å². The fourth-order valence-electron chi connectivity index (χ4n) is 8.61. The maximum absolute atomic E-state index is 6.65. The minimum atomic E-state index is 0.606. The van der Waals surface area contributed by atoms with Crippen molar-refractivity contribution in [2.45, 2.75) is 0 Å². The maximum atomic E-state index is 6.65. The van der Waals surface area contributed by atoms with E-state index in [1.807, 2.05) is 12.1 Å². The molecule has 0 saturated carbocycles. The Hall–Kier alpha value is -7.17. The molecular weight excluding hydrogens is 647 g/mol. The summed E-state index contributed by atoms with van der Waals surface area (Å²) in [6.07, 6.45) is 0. The Morgan fingerprint density at radius 1 is 0.302 bits per heavy atom. The van der Waals surface area contributed by atoms with E-state index in [4.69, 9.17) is 19.4 Å². The molecular formula is C49H27N3O. The molecule has 2 aromatic heterocycles. The van der Waals surface area contributed by atoms with Crippen LogP contribution in [0.1, 0.15) is 0 Å². The van der Waals surface area contributed by atoms with Crippen LogP contribution in [0.3, 0.4) is 0 Å². The van der Waals surface area contributed by atoms with E-state index in [9.17, 15) is 0 Å². The lowest BCUT2D eigenvalue weighted by Crippen LogP contribution is -2.01. The summed E-state index contributed by atoms with van der Waals surface area (Å²) in [5, 5.41) is 11.5. The summed E-state index contributed by atoms with van der Waals surface area (Å²) < 4.78 is 6.65. The summed E-state index contributed by atoms with van der Waals surface area (Å²) in [6, 6.07) is 57.9. The van der Waals surface area contributed by atoms with Gasteiger partial charge in [-0.15, -0.1) is 0 Å². The largest absolute Gasteiger partial charge is 0.456 e. The van der Waals surface area contributed by atoms with Crippen LogP contribution in [0.25, 0.3) is 121 Å². The fraction of sp³-hybridized carbons (Fsp3) is 0. The molecule has 0 bridgehead atoms. The molecule has 1 aliphatic rings. The van der Waals surface area contributed by atoms with Gasteiger partial charge in [0.2, 0.25) is 0 Å². The van der Waals surface area contributed by atoms with Gasteiger partial charge in [0.15, 0.2) is 17.5 Å². The Labute approximate surface area is 303 Å². The normalized spacial score (nSPS) is 12.2. The van der Waals surface area contributed by atoms with E-state index in [1.54, 1.807) is 0 Å². The van der Waals surface area contributed by atoms with Gasteiger partial charge in [0, 0.05) is 27.5 Å². The molecule has 4 heteroatoms. The first-order chi connectivity index (χ1) is 26.2. The summed E-state index contributed by atoms with van der Waals surface area (Å²) in [6.45, 7) is 0. The third-order valence-electron chi connectivity index (χ3n) is 11.0. The highest BCUT2D eigenvalue weighted by molar-refractivity contribution is 6.21. The molecule has 12 rings (SSSR count). The molecule has 4 nitrogen and oxygen atoms in total. The molecule has 0 fully saturated rings. The maximum Gasteiger partial charge on any atom is 0.164 e. The molecule has 2 heterocycles. The highest BCUT2D eigenvalue weighted by Crippen LogP contribution is 2.50. The van der Waals surface area contributed by atoms with Gasteiger partial charge in [0.1, 0.15) is 11.2 Å². The van der Waals surface area contributed by atoms with Crippen molar-refractivity contribution in [3.63, 3.8) is 0 Å². The predicted octanol–water partition coefficient (Wildman–Crippen LogP) is 13.0. The minimum absolute atomic E-state index is 0.606. The van der Waals surface area contributed by atoms with Gasteiger partial charge in [-0.25, -0.2) is 15.0 Å². The number of fused-ring (bicyclic) bond motifs is 10. The lowest BCUT2D eigenvalue weighted by Gasteiger charge is -2.13. The molecule has 0 unspecified atom stereocenters. The zero-order valence-corrected chi connectivity index (χ0v) is 28.3. The molecule has 244 valence electrons. The molecule has 53 heavy (non-hydrogen) atoms. The number of nitrogens with zero attached hydrogens (tertiary/aromatic N) is 3. The van der Waals surface area contributed by atoms with Gasteiger partial charge in [0.05, 0.1) is 0 Å². The van der Waals surface area contributed by atoms with Crippen LogP contribution < -0.4 is 0 Å². The van der Waals surface area contributed by atoms with Crippen molar-refractivity contribution in [1.82, 2.24) is 15.0 Å². The smallest absolute Gasteiger partial charge is 0.164 e. The Kier molecular flexibility index (Phi) is 5.74. The monoisotopic (exact) mass is 673 g/mol. The van der Waals surface area contributed by atoms with Crippen molar-refractivity contribution in [3.8, 4) is 56.4 Å². The number of hydrogen-bond acceptors (Lipinski definition) is 4. The summed E-state index contributed by atoms with van der Waals surface area (Å²) in [4.78, 5) is 15.8. The van der Waals surface area contributed by atoms with E-state index in [-0.39, 0.29) is 0 Å². The number of benzene rings is 9. The van der Waals surface area contributed by atoms with Gasteiger partial charge in [-0.1, -0.05) is 133 Å². The van der Waals surface area contributed by atoms with Crippen molar-refractivity contribution in [2.24, 2.45) is 0 Å². The van der Waals surface area contributed by atoms with E-state index in [0.717, 1.165) is 54.8 Å². The van der Waals surface area contributed by atoms with Crippen LogP contribution in [-0.2, 0) is 0 Å². The summed E-state index contributed by atoms with van der Waals surface area (Å²) in [5.41, 5.74) is 9.40. The van der Waals surface area contributed by atoms with E-state index in [1.165, 1.54) is 49.2 Å². The van der Waals surface area contributed by atoms with Crippen LogP contribution in [0.4, 0.5) is 0 Å². The van der Waals surface area contributed by atoms with Gasteiger partial charge in [-0.3, -0.25) is 0 Å². The Bertz CT molecular complexity index is 3350. The average Bonchev–Trinajstić information content (AvgIpc) is 3.75. The van der Waals surface area contributed by atoms with Crippen molar-refractivity contribution in [3.05, 3.63) is 164 Å². The van der Waals surface area contributed by atoms with Crippen LogP contribution >= 0.6 is 0 Å². The molecule has 0 radical (unpaired) electrons. The first-order valence-electron chi connectivity index (χ1n) is 17.9. The fourth-order valence-corrected chi connectivity index (χ4v) is 8.61. The van der Waals surface area contributed by atoms with Crippen LogP contribution in [0.15, 0.2) is 168 Å². The topological polar surface area (TPSA) is 51.8 Å². The zero-order valence-electron chi connectivity index (χ0n) is 28.3.